The quantitative estimate of drug-likeness (QED) is 0.784. The fourth-order valence-corrected chi connectivity index (χ4v) is 3.47. The van der Waals surface area contributed by atoms with E-state index in [9.17, 15) is 8.42 Å². The van der Waals surface area contributed by atoms with E-state index >= 15 is 0 Å². The van der Waals surface area contributed by atoms with Crippen LogP contribution >= 0.6 is 0 Å². The number of hydrogen-bond acceptors (Lipinski definition) is 4. The molecule has 0 heterocycles. The molecule has 0 N–H and O–H groups in total. The average Bonchev–Trinajstić information content (AvgIpc) is 2.46. The Bertz CT molecular complexity index is 513. The van der Waals surface area contributed by atoms with E-state index < -0.39 is 10.1 Å². The second-order valence-corrected chi connectivity index (χ2v) is 7.05. The molecule has 1 fully saturated rings. The molecule has 0 aliphatic heterocycles. The molecule has 1 aromatic rings. The minimum Gasteiger partial charge on any atom is -0.381 e. The largest absolute Gasteiger partial charge is 0.381 e. The molecule has 2 rings (SSSR count). The zero-order chi connectivity index (χ0) is 14.6. The second-order valence-electron chi connectivity index (χ2n) is 5.43. The molecule has 0 spiro atoms. The van der Waals surface area contributed by atoms with Crippen molar-refractivity contribution in [3.8, 4) is 0 Å². The van der Waals surface area contributed by atoms with Gasteiger partial charge in [-0.1, -0.05) is 17.7 Å². The van der Waals surface area contributed by atoms with Gasteiger partial charge in [0.25, 0.3) is 10.1 Å². The van der Waals surface area contributed by atoms with Crippen LogP contribution in [-0.4, -0.2) is 28.2 Å². The van der Waals surface area contributed by atoms with Gasteiger partial charge < -0.3 is 4.74 Å². The van der Waals surface area contributed by atoms with Gasteiger partial charge in [-0.25, -0.2) is 0 Å². The fourth-order valence-electron chi connectivity index (χ4n) is 2.49. The standard InChI is InChI=1S/C15H22O4S/c1-12-3-9-15(10-4-12)20(16,17)19-11-13-5-7-14(18-2)8-6-13/h3-4,9-10,13-14H,5-8,11H2,1-2H3. The highest BCUT2D eigenvalue weighted by Crippen LogP contribution is 2.27. The smallest absolute Gasteiger partial charge is 0.296 e. The molecule has 4 nitrogen and oxygen atoms in total. The summed E-state index contributed by atoms with van der Waals surface area (Å²) in [5, 5.41) is 0. The predicted octanol–water partition coefficient (Wildman–Crippen LogP) is 2.91. The third-order valence-corrected chi connectivity index (χ3v) is 5.19. The van der Waals surface area contributed by atoms with Gasteiger partial charge in [0, 0.05) is 7.11 Å². The average molecular weight is 298 g/mol. The number of benzene rings is 1. The van der Waals surface area contributed by atoms with Gasteiger partial charge in [-0.3, -0.25) is 4.18 Å². The first kappa shape index (κ1) is 15.5. The summed E-state index contributed by atoms with van der Waals surface area (Å²) in [6.07, 6.45) is 4.20. The summed E-state index contributed by atoms with van der Waals surface area (Å²) < 4.78 is 34.6. The molecule has 112 valence electrons. The maximum absolute atomic E-state index is 12.1. The first-order valence-corrected chi connectivity index (χ1v) is 8.41. The van der Waals surface area contributed by atoms with Crippen LogP contribution in [0.1, 0.15) is 31.2 Å². The summed E-state index contributed by atoms with van der Waals surface area (Å²) in [6.45, 7) is 2.19. The van der Waals surface area contributed by atoms with Crippen LogP contribution in [0.25, 0.3) is 0 Å². The van der Waals surface area contributed by atoms with Gasteiger partial charge in [0.05, 0.1) is 17.6 Å². The van der Waals surface area contributed by atoms with Gasteiger partial charge in [-0.2, -0.15) is 8.42 Å². The molecule has 1 saturated carbocycles. The van der Waals surface area contributed by atoms with Crippen molar-refractivity contribution in [3.63, 3.8) is 0 Å². The molecular formula is C15H22O4S. The SMILES string of the molecule is COC1CCC(COS(=O)(=O)c2ccc(C)cc2)CC1. The number of hydrogen-bond donors (Lipinski definition) is 0. The normalized spacial score (nSPS) is 23.7. The lowest BCUT2D eigenvalue weighted by molar-refractivity contribution is 0.0488. The molecule has 1 aliphatic rings. The van der Waals surface area contributed by atoms with E-state index in [0.29, 0.717) is 12.0 Å². The zero-order valence-corrected chi connectivity index (χ0v) is 12.9. The van der Waals surface area contributed by atoms with Crippen molar-refractivity contribution < 1.29 is 17.3 Å². The van der Waals surface area contributed by atoms with Crippen LogP contribution in [0.15, 0.2) is 29.2 Å². The van der Waals surface area contributed by atoms with Gasteiger partial charge in [0.1, 0.15) is 0 Å². The summed E-state index contributed by atoms with van der Waals surface area (Å²) in [5.74, 6) is 0.307. The van der Waals surface area contributed by atoms with Crippen molar-refractivity contribution >= 4 is 10.1 Å². The number of aryl methyl sites for hydroxylation is 1. The molecule has 0 aromatic heterocycles. The Labute approximate surface area is 121 Å². The Morgan fingerprint density at radius 1 is 1.10 bits per heavy atom. The van der Waals surface area contributed by atoms with E-state index in [4.69, 9.17) is 8.92 Å². The maximum Gasteiger partial charge on any atom is 0.296 e. The number of rotatable bonds is 5. The van der Waals surface area contributed by atoms with Crippen LogP contribution in [0.4, 0.5) is 0 Å². The third kappa shape index (κ3) is 4.04. The van der Waals surface area contributed by atoms with E-state index in [0.717, 1.165) is 31.2 Å². The topological polar surface area (TPSA) is 52.6 Å². The van der Waals surface area contributed by atoms with Gasteiger partial charge in [0.2, 0.25) is 0 Å². The minimum absolute atomic E-state index is 0.230. The lowest BCUT2D eigenvalue weighted by Crippen LogP contribution is -2.24. The molecule has 1 aromatic carbocycles. The lowest BCUT2D eigenvalue weighted by Gasteiger charge is -2.27. The Morgan fingerprint density at radius 3 is 2.25 bits per heavy atom. The summed E-state index contributed by atoms with van der Waals surface area (Å²) in [7, 11) is -1.90. The van der Waals surface area contributed by atoms with E-state index in [1.54, 1.807) is 31.4 Å². The van der Waals surface area contributed by atoms with Crippen LogP contribution in [0.3, 0.4) is 0 Å². The summed E-state index contributed by atoms with van der Waals surface area (Å²) in [6, 6.07) is 6.74. The van der Waals surface area contributed by atoms with E-state index in [1.165, 1.54) is 0 Å². The minimum atomic E-state index is -3.63. The van der Waals surface area contributed by atoms with Crippen LogP contribution in [0.5, 0.6) is 0 Å². The highest BCUT2D eigenvalue weighted by atomic mass is 32.2. The van der Waals surface area contributed by atoms with E-state index in [1.807, 2.05) is 6.92 Å². The van der Waals surface area contributed by atoms with Crippen LogP contribution in [0.2, 0.25) is 0 Å². The molecule has 0 unspecified atom stereocenters. The van der Waals surface area contributed by atoms with Crippen LogP contribution in [0, 0.1) is 12.8 Å². The Balaban J connectivity index is 1.88. The summed E-state index contributed by atoms with van der Waals surface area (Å²) in [4.78, 5) is 0.230. The first-order chi connectivity index (χ1) is 9.51. The van der Waals surface area contributed by atoms with Crippen molar-refractivity contribution in [2.45, 2.75) is 43.6 Å². The fraction of sp³-hybridized carbons (Fsp3) is 0.600. The molecule has 0 saturated heterocycles. The van der Waals surface area contributed by atoms with Crippen molar-refractivity contribution in [3.05, 3.63) is 29.8 Å². The molecule has 20 heavy (non-hydrogen) atoms. The van der Waals surface area contributed by atoms with Crippen molar-refractivity contribution in [1.29, 1.82) is 0 Å². The molecule has 0 radical (unpaired) electrons. The lowest BCUT2D eigenvalue weighted by atomic mass is 9.88. The van der Waals surface area contributed by atoms with Crippen molar-refractivity contribution in [2.75, 3.05) is 13.7 Å². The van der Waals surface area contributed by atoms with Gasteiger partial charge >= 0.3 is 0 Å². The first-order valence-electron chi connectivity index (χ1n) is 7.00. The molecule has 0 bridgehead atoms. The molecule has 0 amide bonds. The second kappa shape index (κ2) is 6.70. The molecule has 5 heteroatoms. The van der Waals surface area contributed by atoms with Crippen molar-refractivity contribution in [1.82, 2.24) is 0 Å². The molecule has 0 atom stereocenters. The predicted molar refractivity (Wildman–Crippen MR) is 77.1 cm³/mol. The monoisotopic (exact) mass is 298 g/mol. The number of methoxy groups -OCH3 is 1. The Kier molecular flexibility index (Phi) is 5.18. The van der Waals surface area contributed by atoms with Crippen LogP contribution < -0.4 is 0 Å². The summed E-state index contributed by atoms with van der Waals surface area (Å²) in [5.41, 5.74) is 1.03. The molecule has 1 aliphatic carbocycles. The zero-order valence-electron chi connectivity index (χ0n) is 12.0. The summed E-state index contributed by atoms with van der Waals surface area (Å²) >= 11 is 0. The highest BCUT2D eigenvalue weighted by Gasteiger charge is 2.23. The molecular weight excluding hydrogens is 276 g/mol. The Morgan fingerprint density at radius 2 is 1.70 bits per heavy atom. The third-order valence-electron chi connectivity index (χ3n) is 3.90. The van der Waals surface area contributed by atoms with Crippen molar-refractivity contribution in [2.24, 2.45) is 5.92 Å². The highest BCUT2D eigenvalue weighted by molar-refractivity contribution is 7.86. The maximum atomic E-state index is 12.1. The van der Waals surface area contributed by atoms with Gasteiger partial charge in [-0.05, 0) is 50.7 Å². The van der Waals surface area contributed by atoms with Gasteiger partial charge in [0.15, 0.2) is 0 Å². The van der Waals surface area contributed by atoms with Gasteiger partial charge in [-0.15, -0.1) is 0 Å². The van der Waals surface area contributed by atoms with E-state index in [-0.39, 0.29) is 11.5 Å². The Hall–Kier alpha value is -0.910. The van der Waals surface area contributed by atoms with Crippen LogP contribution in [-0.2, 0) is 19.0 Å². The number of ether oxygens (including phenoxy) is 1. The van der Waals surface area contributed by atoms with E-state index in [2.05, 4.69) is 0 Å².